The van der Waals surface area contributed by atoms with Crippen molar-refractivity contribution in [3.05, 3.63) is 88.4 Å². The van der Waals surface area contributed by atoms with Crippen LogP contribution in [0, 0.1) is 13.8 Å². The summed E-state index contributed by atoms with van der Waals surface area (Å²) in [7, 11) is 3.28. The van der Waals surface area contributed by atoms with E-state index >= 15 is 0 Å². The molecule has 5 N–H and O–H groups in total. The number of anilines is 2. The van der Waals surface area contributed by atoms with Crippen molar-refractivity contribution in [1.29, 1.82) is 0 Å². The normalized spacial score (nSPS) is 12.2. The summed E-state index contributed by atoms with van der Waals surface area (Å²) in [6.07, 6.45) is 0.301. The van der Waals surface area contributed by atoms with Crippen LogP contribution in [0.5, 0.6) is 5.75 Å². The molecular formula is C30H37F3N6O2. The van der Waals surface area contributed by atoms with Gasteiger partial charge >= 0.3 is 6.18 Å². The summed E-state index contributed by atoms with van der Waals surface area (Å²) in [5.41, 5.74) is 2.41. The van der Waals surface area contributed by atoms with Gasteiger partial charge in [-0.05, 0) is 81.6 Å². The molecule has 8 nitrogen and oxygen atoms in total. The van der Waals surface area contributed by atoms with Gasteiger partial charge in [-0.25, -0.2) is 5.84 Å². The van der Waals surface area contributed by atoms with Gasteiger partial charge in [0.1, 0.15) is 5.75 Å². The van der Waals surface area contributed by atoms with E-state index in [0.717, 1.165) is 17.2 Å². The highest BCUT2D eigenvalue weighted by Crippen LogP contribution is 2.36. The second-order valence-corrected chi connectivity index (χ2v) is 10.7. The Morgan fingerprint density at radius 3 is 2.39 bits per heavy atom. The third-order valence-electron chi connectivity index (χ3n) is 6.43. The summed E-state index contributed by atoms with van der Waals surface area (Å²) in [6.45, 7) is 9.26. The second kappa shape index (κ2) is 12.6. The van der Waals surface area contributed by atoms with E-state index in [4.69, 9.17) is 10.6 Å². The molecule has 0 unspecified atom stereocenters. The lowest BCUT2D eigenvalue weighted by Crippen LogP contribution is -2.35. The maximum atomic E-state index is 13.9. The van der Waals surface area contributed by atoms with Crippen LogP contribution in [0.25, 0.3) is 5.70 Å². The minimum absolute atomic E-state index is 0.0493. The molecule has 2 aromatic carbocycles. The third kappa shape index (κ3) is 8.21. The fourth-order valence-corrected chi connectivity index (χ4v) is 4.09. The van der Waals surface area contributed by atoms with Gasteiger partial charge in [-0.15, -0.1) is 0 Å². The summed E-state index contributed by atoms with van der Waals surface area (Å²) in [5.74, 6) is 6.38. The summed E-state index contributed by atoms with van der Waals surface area (Å²) >= 11 is 0. The molecule has 0 aliphatic rings. The molecule has 1 amide bonds. The first kappa shape index (κ1) is 31.4. The number of benzene rings is 2. The van der Waals surface area contributed by atoms with Gasteiger partial charge in [-0.1, -0.05) is 6.07 Å². The van der Waals surface area contributed by atoms with Gasteiger partial charge in [-0.2, -0.15) is 13.2 Å². The smallest absolute Gasteiger partial charge is 0.416 e. The van der Waals surface area contributed by atoms with Gasteiger partial charge in [0, 0.05) is 48.3 Å². The molecule has 3 rings (SSSR count). The summed E-state index contributed by atoms with van der Waals surface area (Å²) < 4.78 is 46.8. The van der Waals surface area contributed by atoms with Crippen LogP contribution in [0.2, 0.25) is 0 Å². The molecule has 41 heavy (non-hydrogen) atoms. The van der Waals surface area contributed by atoms with Crippen LogP contribution in [0.1, 0.15) is 58.9 Å². The van der Waals surface area contributed by atoms with E-state index in [1.807, 2.05) is 27.7 Å². The van der Waals surface area contributed by atoms with E-state index in [1.54, 1.807) is 63.1 Å². The SMILES string of the molecule is CN/C(=C\N(N)c1cc(C(=O)Nc2cc(CNC(C)(C)C)c(C)c(C(F)(F)F)c2)ccc1C)c1cncc(OC)c1. The van der Waals surface area contributed by atoms with Crippen molar-refractivity contribution in [2.45, 2.75) is 52.9 Å². The molecule has 1 heterocycles. The minimum Gasteiger partial charge on any atom is -0.495 e. The Labute approximate surface area is 238 Å². The van der Waals surface area contributed by atoms with Gasteiger partial charge in [0.15, 0.2) is 0 Å². The zero-order valence-corrected chi connectivity index (χ0v) is 24.3. The van der Waals surface area contributed by atoms with Gasteiger partial charge < -0.3 is 20.7 Å². The van der Waals surface area contributed by atoms with E-state index < -0.39 is 17.6 Å². The fraction of sp³-hybridized carbons (Fsp3) is 0.333. The summed E-state index contributed by atoms with van der Waals surface area (Å²) in [5, 5.41) is 10.3. The van der Waals surface area contributed by atoms with Gasteiger partial charge in [-0.3, -0.25) is 14.8 Å². The molecule has 0 radical (unpaired) electrons. The lowest BCUT2D eigenvalue weighted by molar-refractivity contribution is -0.138. The number of nitrogens with one attached hydrogen (secondary N) is 3. The van der Waals surface area contributed by atoms with Crippen molar-refractivity contribution < 1.29 is 22.7 Å². The molecule has 0 spiro atoms. The first-order valence-corrected chi connectivity index (χ1v) is 12.9. The molecular weight excluding hydrogens is 533 g/mol. The number of rotatable bonds is 9. The largest absolute Gasteiger partial charge is 0.495 e. The van der Waals surface area contributed by atoms with E-state index in [0.29, 0.717) is 22.7 Å². The number of pyridine rings is 1. The van der Waals surface area contributed by atoms with E-state index in [1.165, 1.54) is 11.9 Å². The lowest BCUT2D eigenvalue weighted by atomic mass is 9.99. The van der Waals surface area contributed by atoms with Gasteiger partial charge in [0.2, 0.25) is 0 Å². The first-order valence-electron chi connectivity index (χ1n) is 12.9. The van der Waals surface area contributed by atoms with Crippen molar-refractivity contribution >= 4 is 23.0 Å². The average molecular weight is 571 g/mol. The Morgan fingerprint density at radius 1 is 1.07 bits per heavy atom. The Morgan fingerprint density at radius 2 is 1.78 bits per heavy atom. The first-order chi connectivity index (χ1) is 19.1. The number of hydrogen-bond donors (Lipinski definition) is 4. The monoisotopic (exact) mass is 570 g/mol. The van der Waals surface area contributed by atoms with Crippen LogP contribution < -0.4 is 31.5 Å². The Bertz CT molecular complexity index is 1430. The number of alkyl halides is 3. The van der Waals surface area contributed by atoms with Crippen molar-refractivity contribution in [1.82, 2.24) is 15.6 Å². The average Bonchev–Trinajstić information content (AvgIpc) is 2.90. The Hall–Kier alpha value is -4.09. The number of halogens is 3. The topological polar surface area (TPSA) is 105 Å². The molecule has 220 valence electrons. The van der Waals surface area contributed by atoms with E-state index in [9.17, 15) is 18.0 Å². The molecule has 0 aliphatic carbocycles. The molecule has 0 fully saturated rings. The Kier molecular flexibility index (Phi) is 9.67. The highest BCUT2D eigenvalue weighted by Gasteiger charge is 2.34. The van der Waals surface area contributed by atoms with Crippen LogP contribution in [0.4, 0.5) is 24.5 Å². The highest BCUT2D eigenvalue weighted by molar-refractivity contribution is 6.05. The number of hydrogen-bond acceptors (Lipinski definition) is 7. The predicted octanol–water partition coefficient (Wildman–Crippen LogP) is 5.76. The van der Waals surface area contributed by atoms with Crippen LogP contribution in [-0.4, -0.2) is 30.6 Å². The van der Waals surface area contributed by atoms with Gasteiger partial charge in [0.05, 0.1) is 30.3 Å². The number of carbonyl (C=O) groups is 1. The number of nitrogens with zero attached hydrogens (tertiary/aromatic N) is 2. The predicted molar refractivity (Wildman–Crippen MR) is 156 cm³/mol. The summed E-state index contributed by atoms with van der Waals surface area (Å²) in [6, 6.07) is 9.22. The molecule has 0 saturated carbocycles. The number of aryl methyl sites for hydroxylation is 1. The molecule has 0 bridgehead atoms. The number of methoxy groups -OCH3 is 1. The fourth-order valence-electron chi connectivity index (χ4n) is 4.09. The van der Waals surface area contributed by atoms with Crippen molar-refractivity contribution in [3.63, 3.8) is 0 Å². The van der Waals surface area contributed by atoms with Crippen LogP contribution in [-0.2, 0) is 12.7 Å². The molecule has 0 aliphatic heterocycles. The zero-order chi connectivity index (χ0) is 30.5. The van der Waals surface area contributed by atoms with Gasteiger partial charge in [0.25, 0.3) is 5.91 Å². The van der Waals surface area contributed by atoms with Crippen LogP contribution >= 0.6 is 0 Å². The van der Waals surface area contributed by atoms with Crippen molar-refractivity contribution in [2.75, 3.05) is 24.5 Å². The van der Waals surface area contributed by atoms with E-state index in [-0.39, 0.29) is 28.9 Å². The second-order valence-electron chi connectivity index (χ2n) is 10.7. The maximum absolute atomic E-state index is 13.9. The number of ether oxygens (including phenoxy) is 1. The van der Waals surface area contributed by atoms with Crippen molar-refractivity contribution in [3.8, 4) is 5.75 Å². The molecule has 11 heteroatoms. The van der Waals surface area contributed by atoms with Crippen LogP contribution in [0.3, 0.4) is 0 Å². The highest BCUT2D eigenvalue weighted by atomic mass is 19.4. The molecule has 0 atom stereocenters. The standard InChI is InChI=1S/C30H37F3N6O2/c1-18-8-9-20(12-27(18)39(34)17-26(35-6)22-11-24(41-7)16-36-14-22)28(40)38-23-10-21(15-37-29(3,4)5)19(2)25(13-23)30(31,32)33/h8-14,16-17,35,37H,15,34H2,1-7H3,(H,38,40)/b26-17-. The molecule has 0 saturated heterocycles. The number of amides is 1. The molecule has 1 aromatic heterocycles. The maximum Gasteiger partial charge on any atom is 0.416 e. The summed E-state index contributed by atoms with van der Waals surface area (Å²) in [4.78, 5) is 17.4. The van der Waals surface area contributed by atoms with Crippen LogP contribution in [0.15, 0.2) is 55.0 Å². The number of aromatic nitrogens is 1. The van der Waals surface area contributed by atoms with E-state index in [2.05, 4.69) is 20.9 Å². The number of carbonyl (C=O) groups excluding carboxylic acids is 1. The number of hydrazine groups is 1. The quantitative estimate of drug-likeness (QED) is 0.191. The Balaban J connectivity index is 1.93. The third-order valence-corrected chi connectivity index (χ3v) is 6.43. The van der Waals surface area contributed by atoms with Crippen molar-refractivity contribution in [2.24, 2.45) is 5.84 Å². The minimum atomic E-state index is -4.58. The lowest BCUT2D eigenvalue weighted by Gasteiger charge is -2.23. The molecule has 3 aromatic rings. The number of nitrogens with two attached hydrogens (primary N) is 1. The zero-order valence-electron chi connectivity index (χ0n) is 24.3.